The zero-order valence-electron chi connectivity index (χ0n) is 9.29. The van der Waals surface area contributed by atoms with Crippen molar-refractivity contribution in [1.29, 1.82) is 0 Å². The molecule has 1 aromatic carbocycles. The molecule has 0 fully saturated rings. The smallest absolute Gasteiger partial charge is 0.135 e. The summed E-state index contributed by atoms with van der Waals surface area (Å²) in [5.74, 6) is -0.414. The van der Waals surface area contributed by atoms with Crippen LogP contribution in [0.25, 0.3) is 0 Å². The molecule has 1 aromatic rings. The Labute approximate surface area is 99.8 Å². The lowest BCUT2D eigenvalue weighted by molar-refractivity contribution is 0.129. The van der Waals surface area contributed by atoms with Crippen LogP contribution in [-0.2, 0) is 4.74 Å². The van der Waals surface area contributed by atoms with Crippen molar-refractivity contribution in [2.75, 3.05) is 19.0 Å². The second-order valence-corrected chi connectivity index (χ2v) is 3.93. The Hall–Kier alpha value is -1.20. The second kappa shape index (κ2) is 5.77. The number of anilines is 1. The summed E-state index contributed by atoms with van der Waals surface area (Å²) >= 11 is 4.72. The van der Waals surface area contributed by atoms with Crippen molar-refractivity contribution in [3.8, 4) is 0 Å². The highest BCUT2D eigenvalue weighted by atomic mass is 32.1. The van der Waals surface area contributed by atoms with Crippen LogP contribution < -0.4 is 11.1 Å². The topological polar surface area (TPSA) is 47.3 Å². The third-order valence-electron chi connectivity index (χ3n) is 2.23. The average molecular weight is 242 g/mol. The van der Waals surface area contributed by atoms with Gasteiger partial charge >= 0.3 is 0 Å². The van der Waals surface area contributed by atoms with Crippen molar-refractivity contribution in [2.24, 2.45) is 5.73 Å². The molecule has 0 heterocycles. The zero-order chi connectivity index (χ0) is 12.1. The van der Waals surface area contributed by atoms with Gasteiger partial charge in [-0.2, -0.15) is 0 Å². The molecule has 0 aliphatic heterocycles. The fourth-order valence-electron chi connectivity index (χ4n) is 1.17. The van der Waals surface area contributed by atoms with Gasteiger partial charge < -0.3 is 15.8 Å². The molecule has 0 saturated carbocycles. The minimum Gasteiger partial charge on any atom is -0.389 e. The van der Waals surface area contributed by atoms with Crippen molar-refractivity contribution in [3.05, 3.63) is 29.6 Å². The first-order valence-corrected chi connectivity index (χ1v) is 5.31. The van der Waals surface area contributed by atoms with Crippen molar-refractivity contribution in [2.45, 2.75) is 13.0 Å². The maximum absolute atomic E-state index is 13.5. The molecule has 1 rings (SSSR count). The van der Waals surface area contributed by atoms with Crippen molar-refractivity contribution in [3.63, 3.8) is 0 Å². The maximum atomic E-state index is 13.5. The molecule has 16 heavy (non-hydrogen) atoms. The zero-order valence-corrected chi connectivity index (χ0v) is 10.1. The highest BCUT2D eigenvalue weighted by molar-refractivity contribution is 7.80. The molecule has 0 radical (unpaired) electrons. The van der Waals surface area contributed by atoms with E-state index >= 15 is 0 Å². The van der Waals surface area contributed by atoms with Crippen LogP contribution in [0.1, 0.15) is 12.5 Å². The predicted octanol–water partition coefficient (Wildman–Crippen LogP) is 1.91. The molecule has 3 N–H and O–H groups in total. The van der Waals surface area contributed by atoms with E-state index in [0.29, 0.717) is 12.2 Å². The number of halogens is 1. The van der Waals surface area contributed by atoms with Crippen LogP contribution in [0.5, 0.6) is 0 Å². The van der Waals surface area contributed by atoms with E-state index in [1.807, 2.05) is 6.92 Å². The molecular formula is C11H15FN2OS. The molecule has 0 spiro atoms. The molecule has 0 saturated heterocycles. The Morgan fingerprint density at radius 3 is 2.81 bits per heavy atom. The van der Waals surface area contributed by atoms with Crippen molar-refractivity contribution >= 4 is 22.9 Å². The monoisotopic (exact) mass is 242 g/mol. The Morgan fingerprint density at radius 2 is 2.31 bits per heavy atom. The van der Waals surface area contributed by atoms with Gasteiger partial charge in [0.1, 0.15) is 10.8 Å². The van der Waals surface area contributed by atoms with Crippen LogP contribution in [0.15, 0.2) is 18.2 Å². The van der Waals surface area contributed by atoms with Gasteiger partial charge in [-0.15, -0.1) is 0 Å². The molecule has 1 unspecified atom stereocenters. The summed E-state index contributed by atoms with van der Waals surface area (Å²) in [7, 11) is 1.63. The minimum atomic E-state index is -0.414. The molecular weight excluding hydrogens is 227 g/mol. The van der Waals surface area contributed by atoms with E-state index in [0.717, 1.165) is 0 Å². The standard InChI is InChI=1S/C11H15FN2OS/c1-7(15-2)6-14-8-3-4-9(11(13)16)10(12)5-8/h3-5,7,14H,6H2,1-2H3,(H2,13,16). The summed E-state index contributed by atoms with van der Waals surface area (Å²) in [4.78, 5) is 0.0642. The van der Waals surface area contributed by atoms with Crippen molar-refractivity contribution < 1.29 is 9.13 Å². The number of hydrogen-bond acceptors (Lipinski definition) is 3. The molecule has 3 nitrogen and oxygen atoms in total. The molecule has 0 aromatic heterocycles. The first kappa shape index (κ1) is 12.9. The summed E-state index contributed by atoms with van der Waals surface area (Å²) in [6, 6.07) is 4.67. The summed E-state index contributed by atoms with van der Waals surface area (Å²) in [5.41, 5.74) is 6.31. The van der Waals surface area contributed by atoms with Gasteiger partial charge in [0.15, 0.2) is 0 Å². The van der Waals surface area contributed by atoms with Crippen molar-refractivity contribution in [1.82, 2.24) is 0 Å². The van der Waals surface area contributed by atoms with E-state index in [9.17, 15) is 4.39 Å². The molecule has 0 aliphatic carbocycles. The fourth-order valence-corrected chi connectivity index (χ4v) is 1.34. The third-order valence-corrected chi connectivity index (χ3v) is 2.45. The first-order valence-electron chi connectivity index (χ1n) is 4.90. The Kier molecular flexibility index (Phi) is 4.64. The third kappa shape index (κ3) is 3.43. The Balaban J connectivity index is 2.70. The van der Waals surface area contributed by atoms with E-state index in [-0.39, 0.29) is 16.7 Å². The highest BCUT2D eigenvalue weighted by Gasteiger charge is 2.06. The number of benzene rings is 1. The van der Waals surface area contributed by atoms with Crippen LogP contribution >= 0.6 is 12.2 Å². The van der Waals surface area contributed by atoms with E-state index < -0.39 is 5.82 Å². The van der Waals surface area contributed by atoms with Gasteiger partial charge in [-0.05, 0) is 25.1 Å². The summed E-state index contributed by atoms with van der Waals surface area (Å²) < 4.78 is 18.5. The van der Waals surface area contributed by atoms with Crippen LogP contribution in [0, 0.1) is 5.82 Å². The summed E-state index contributed by atoms with van der Waals surface area (Å²) in [5, 5.41) is 3.05. The van der Waals surface area contributed by atoms with Gasteiger partial charge in [0.2, 0.25) is 0 Å². The van der Waals surface area contributed by atoms with Crippen LogP contribution in [0.4, 0.5) is 10.1 Å². The fraction of sp³-hybridized carbons (Fsp3) is 0.364. The number of ether oxygens (including phenoxy) is 1. The molecule has 0 aliphatic rings. The minimum absolute atomic E-state index is 0.0642. The largest absolute Gasteiger partial charge is 0.389 e. The van der Waals surface area contributed by atoms with Gasteiger partial charge in [-0.3, -0.25) is 0 Å². The lowest BCUT2D eigenvalue weighted by Gasteiger charge is -2.12. The molecule has 5 heteroatoms. The number of thiocarbonyl (C=S) groups is 1. The summed E-state index contributed by atoms with van der Waals surface area (Å²) in [6.45, 7) is 2.54. The SMILES string of the molecule is COC(C)CNc1ccc(C(N)=S)c(F)c1. The van der Waals surface area contributed by atoms with E-state index in [1.165, 1.54) is 6.07 Å². The van der Waals surface area contributed by atoms with Gasteiger partial charge in [-0.25, -0.2) is 4.39 Å². The predicted molar refractivity (Wildman–Crippen MR) is 67.2 cm³/mol. The Morgan fingerprint density at radius 1 is 1.62 bits per heavy atom. The van der Waals surface area contributed by atoms with Crippen LogP contribution in [0.2, 0.25) is 0 Å². The normalized spacial score (nSPS) is 12.2. The lowest BCUT2D eigenvalue weighted by atomic mass is 10.2. The van der Waals surface area contributed by atoms with Gasteiger partial charge in [0, 0.05) is 24.9 Å². The number of nitrogens with one attached hydrogen (secondary N) is 1. The molecule has 88 valence electrons. The lowest BCUT2D eigenvalue weighted by Crippen LogP contribution is -2.18. The summed E-state index contributed by atoms with van der Waals surface area (Å²) in [6.07, 6.45) is 0.0679. The quantitative estimate of drug-likeness (QED) is 0.774. The number of rotatable bonds is 5. The van der Waals surface area contributed by atoms with E-state index in [1.54, 1.807) is 19.2 Å². The first-order chi connectivity index (χ1) is 7.54. The Bertz CT molecular complexity index is 384. The van der Waals surface area contributed by atoms with Gasteiger partial charge in [0.05, 0.1) is 6.10 Å². The highest BCUT2D eigenvalue weighted by Crippen LogP contribution is 2.14. The van der Waals surface area contributed by atoms with E-state index in [4.69, 9.17) is 22.7 Å². The van der Waals surface area contributed by atoms with Gasteiger partial charge in [0.25, 0.3) is 0 Å². The van der Waals surface area contributed by atoms with E-state index in [2.05, 4.69) is 5.32 Å². The number of hydrogen-bond donors (Lipinski definition) is 2. The molecule has 0 amide bonds. The average Bonchev–Trinajstić information content (AvgIpc) is 2.25. The van der Waals surface area contributed by atoms with Crippen LogP contribution in [0.3, 0.4) is 0 Å². The number of nitrogens with two attached hydrogens (primary N) is 1. The molecule has 1 atom stereocenters. The van der Waals surface area contributed by atoms with Gasteiger partial charge in [-0.1, -0.05) is 12.2 Å². The second-order valence-electron chi connectivity index (χ2n) is 3.49. The number of methoxy groups -OCH3 is 1. The molecule has 0 bridgehead atoms. The maximum Gasteiger partial charge on any atom is 0.135 e. The van der Waals surface area contributed by atoms with Crippen LogP contribution in [-0.4, -0.2) is 24.7 Å².